The lowest BCUT2D eigenvalue weighted by Crippen LogP contribution is -2.00. The van der Waals surface area contributed by atoms with Crippen molar-refractivity contribution < 1.29 is 5.11 Å². The molecule has 0 spiro atoms. The Bertz CT molecular complexity index is 515. The fraction of sp³-hybridized carbons (Fsp3) is 0.308. The Morgan fingerprint density at radius 3 is 2.56 bits per heavy atom. The number of nitrogens with zero attached hydrogens (tertiary/aromatic N) is 2. The SMILES string of the molecule is CCn1nc(O)c(C)c1-c1ccccc1C. The Labute approximate surface area is 95.3 Å². The molecule has 0 saturated carbocycles. The smallest absolute Gasteiger partial charge is 0.233 e. The Morgan fingerprint density at radius 1 is 1.25 bits per heavy atom. The second-order valence-electron chi connectivity index (χ2n) is 3.93. The molecule has 1 N–H and O–H groups in total. The maximum absolute atomic E-state index is 9.67. The van der Waals surface area contributed by atoms with Gasteiger partial charge in [-0.15, -0.1) is 5.10 Å². The van der Waals surface area contributed by atoms with Crippen molar-refractivity contribution in [1.29, 1.82) is 0 Å². The molecule has 0 atom stereocenters. The van der Waals surface area contributed by atoms with E-state index in [2.05, 4.69) is 24.2 Å². The molecule has 2 rings (SSSR count). The molecule has 0 unspecified atom stereocenters. The molecule has 0 radical (unpaired) electrons. The molecule has 1 aromatic heterocycles. The van der Waals surface area contributed by atoms with Crippen LogP contribution in [0.15, 0.2) is 24.3 Å². The van der Waals surface area contributed by atoms with Gasteiger partial charge in [0, 0.05) is 17.7 Å². The molecule has 16 heavy (non-hydrogen) atoms. The number of aromatic nitrogens is 2. The van der Waals surface area contributed by atoms with Crippen LogP contribution in [0.2, 0.25) is 0 Å². The molecule has 3 nitrogen and oxygen atoms in total. The molecule has 0 saturated heterocycles. The van der Waals surface area contributed by atoms with Gasteiger partial charge in [0.05, 0.1) is 5.69 Å². The van der Waals surface area contributed by atoms with Crippen molar-refractivity contribution in [2.24, 2.45) is 0 Å². The molecule has 0 fully saturated rings. The van der Waals surface area contributed by atoms with Crippen LogP contribution in [0.4, 0.5) is 0 Å². The zero-order chi connectivity index (χ0) is 11.7. The second-order valence-corrected chi connectivity index (χ2v) is 3.93. The first kappa shape index (κ1) is 10.7. The minimum atomic E-state index is 0.125. The van der Waals surface area contributed by atoms with Crippen LogP contribution in [0.25, 0.3) is 11.3 Å². The monoisotopic (exact) mass is 216 g/mol. The van der Waals surface area contributed by atoms with Gasteiger partial charge >= 0.3 is 0 Å². The Balaban J connectivity index is 2.68. The lowest BCUT2D eigenvalue weighted by atomic mass is 10.0. The molecule has 1 heterocycles. The molecule has 3 heteroatoms. The van der Waals surface area contributed by atoms with Crippen molar-refractivity contribution in [3.63, 3.8) is 0 Å². The molecule has 0 bridgehead atoms. The molecule has 2 aromatic rings. The highest BCUT2D eigenvalue weighted by Gasteiger charge is 2.15. The minimum absolute atomic E-state index is 0.125. The third-order valence-corrected chi connectivity index (χ3v) is 2.86. The Kier molecular flexibility index (Phi) is 2.69. The van der Waals surface area contributed by atoms with E-state index in [1.54, 1.807) is 0 Å². The molecular weight excluding hydrogens is 200 g/mol. The van der Waals surface area contributed by atoms with Gasteiger partial charge < -0.3 is 5.11 Å². The summed E-state index contributed by atoms with van der Waals surface area (Å²) in [6.45, 7) is 6.74. The van der Waals surface area contributed by atoms with Crippen LogP contribution in [-0.2, 0) is 6.54 Å². The second kappa shape index (κ2) is 4.00. The van der Waals surface area contributed by atoms with E-state index in [9.17, 15) is 5.11 Å². The third-order valence-electron chi connectivity index (χ3n) is 2.86. The minimum Gasteiger partial charge on any atom is -0.492 e. The van der Waals surface area contributed by atoms with Crippen molar-refractivity contribution >= 4 is 0 Å². The van der Waals surface area contributed by atoms with E-state index in [4.69, 9.17) is 0 Å². The van der Waals surface area contributed by atoms with Crippen molar-refractivity contribution in [1.82, 2.24) is 9.78 Å². The molecule has 0 aliphatic carbocycles. The first-order chi connectivity index (χ1) is 7.65. The highest BCUT2D eigenvalue weighted by molar-refractivity contribution is 5.68. The van der Waals surface area contributed by atoms with Crippen molar-refractivity contribution in [3.8, 4) is 17.1 Å². The first-order valence-corrected chi connectivity index (χ1v) is 5.47. The largest absolute Gasteiger partial charge is 0.492 e. The number of benzene rings is 1. The van der Waals surface area contributed by atoms with Gasteiger partial charge in [0.15, 0.2) is 0 Å². The maximum Gasteiger partial charge on any atom is 0.233 e. The zero-order valence-corrected chi connectivity index (χ0v) is 9.86. The van der Waals surface area contributed by atoms with Gasteiger partial charge in [-0.3, -0.25) is 4.68 Å². The Morgan fingerprint density at radius 2 is 1.94 bits per heavy atom. The standard InChI is InChI=1S/C13H16N2O/c1-4-15-12(10(3)13(16)14-15)11-8-6-5-7-9(11)2/h5-8H,4H2,1-3H3,(H,14,16). The maximum atomic E-state index is 9.67. The summed E-state index contributed by atoms with van der Waals surface area (Å²) in [5.74, 6) is 0.125. The molecule has 84 valence electrons. The summed E-state index contributed by atoms with van der Waals surface area (Å²) in [7, 11) is 0. The van der Waals surface area contributed by atoms with Gasteiger partial charge in [0.2, 0.25) is 5.88 Å². The number of hydrogen-bond donors (Lipinski definition) is 1. The predicted molar refractivity (Wildman–Crippen MR) is 64.5 cm³/mol. The van der Waals surface area contributed by atoms with E-state index in [1.165, 1.54) is 5.56 Å². The van der Waals surface area contributed by atoms with E-state index in [1.807, 2.05) is 30.7 Å². The van der Waals surface area contributed by atoms with E-state index in [0.717, 1.165) is 23.4 Å². The van der Waals surface area contributed by atoms with Crippen LogP contribution in [-0.4, -0.2) is 14.9 Å². The molecular formula is C13H16N2O. The van der Waals surface area contributed by atoms with Gasteiger partial charge in [-0.25, -0.2) is 0 Å². The highest BCUT2D eigenvalue weighted by atomic mass is 16.3. The van der Waals surface area contributed by atoms with Crippen LogP contribution in [0.3, 0.4) is 0 Å². The molecule has 1 aromatic carbocycles. The van der Waals surface area contributed by atoms with Crippen LogP contribution in [0, 0.1) is 13.8 Å². The zero-order valence-electron chi connectivity index (χ0n) is 9.86. The fourth-order valence-corrected chi connectivity index (χ4v) is 1.95. The summed E-state index contributed by atoms with van der Waals surface area (Å²) >= 11 is 0. The van der Waals surface area contributed by atoms with Crippen molar-refractivity contribution in [3.05, 3.63) is 35.4 Å². The number of aryl methyl sites for hydroxylation is 2. The van der Waals surface area contributed by atoms with Crippen LogP contribution in [0.5, 0.6) is 5.88 Å². The first-order valence-electron chi connectivity index (χ1n) is 5.47. The molecule has 0 aliphatic heterocycles. The number of hydrogen-bond acceptors (Lipinski definition) is 2. The van der Waals surface area contributed by atoms with Crippen LogP contribution < -0.4 is 0 Å². The summed E-state index contributed by atoms with van der Waals surface area (Å²) in [6.07, 6.45) is 0. The highest BCUT2D eigenvalue weighted by Crippen LogP contribution is 2.31. The summed E-state index contributed by atoms with van der Waals surface area (Å²) in [6, 6.07) is 8.15. The molecule has 0 amide bonds. The lowest BCUT2D eigenvalue weighted by molar-refractivity contribution is 0.437. The van der Waals surface area contributed by atoms with E-state index in [0.29, 0.717) is 0 Å². The fourth-order valence-electron chi connectivity index (χ4n) is 1.95. The van der Waals surface area contributed by atoms with Gasteiger partial charge in [-0.1, -0.05) is 24.3 Å². The average molecular weight is 216 g/mol. The van der Waals surface area contributed by atoms with Gasteiger partial charge in [-0.2, -0.15) is 0 Å². The third kappa shape index (κ3) is 1.58. The normalized spacial score (nSPS) is 10.7. The van der Waals surface area contributed by atoms with Gasteiger partial charge in [0.1, 0.15) is 0 Å². The predicted octanol–water partition coefficient (Wildman–Crippen LogP) is 2.89. The van der Waals surface area contributed by atoms with Gasteiger partial charge in [-0.05, 0) is 26.3 Å². The van der Waals surface area contributed by atoms with Gasteiger partial charge in [0.25, 0.3) is 0 Å². The summed E-state index contributed by atoms with van der Waals surface area (Å²) in [5.41, 5.74) is 4.18. The Hall–Kier alpha value is -1.77. The summed E-state index contributed by atoms with van der Waals surface area (Å²) in [4.78, 5) is 0. The van der Waals surface area contributed by atoms with Crippen LogP contribution in [0.1, 0.15) is 18.1 Å². The topological polar surface area (TPSA) is 38.0 Å². The number of rotatable bonds is 2. The number of aromatic hydroxyl groups is 1. The summed E-state index contributed by atoms with van der Waals surface area (Å²) < 4.78 is 1.84. The van der Waals surface area contributed by atoms with E-state index in [-0.39, 0.29) is 5.88 Å². The van der Waals surface area contributed by atoms with E-state index >= 15 is 0 Å². The lowest BCUT2D eigenvalue weighted by Gasteiger charge is -2.08. The summed E-state index contributed by atoms with van der Waals surface area (Å²) in [5, 5.41) is 13.8. The van der Waals surface area contributed by atoms with Crippen molar-refractivity contribution in [2.75, 3.05) is 0 Å². The van der Waals surface area contributed by atoms with Crippen LogP contribution >= 0.6 is 0 Å². The van der Waals surface area contributed by atoms with Crippen molar-refractivity contribution in [2.45, 2.75) is 27.3 Å². The van der Waals surface area contributed by atoms with E-state index < -0.39 is 0 Å². The quantitative estimate of drug-likeness (QED) is 0.838. The average Bonchev–Trinajstić information content (AvgIpc) is 2.56. The molecule has 0 aliphatic rings.